The van der Waals surface area contributed by atoms with Crippen LogP contribution in [0, 0.1) is 6.92 Å². The Morgan fingerprint density at radius 3 is 2.65 bits per heavy atom. The molecule has 0 aliphatic heterocycles. The summed E-state index contributed by atoms with van der Waals surface area (Å²) in [5.74, 6) is 1.70. The topological polar surface area (TPSA) is 39.4 Å². The Bertz CT molecular complexity index is 1010. The van der Waals surface area contributed by atoms with Gasteiger partial charge in [0.05, 0.1) is 17.3 Å². The van der Waals surface area contributed by atoms with Gasteiger partial charge < -0.3 is 4.74 Å². The van der Waals surface area contributed by atoms with Crippen LogP contribution in [0.4, 0.5) is 0 Å². The van der Waals surface area contributed by atoms with Gasteiger partial charge in [-0.2, -0.15) is 0 Å². The van der Waals surface area contributed by atoms with Gasteiger partial charge in [-0.1, -0.05) is 41.7 Å². The quantitative estimate of drug-likeness (QED) is 0.560. The number of hydrogen-bond donors (Lipinski definition) is 0. The molecule has 0 N–H and O–H groups in total. The Morgan fingerprint density at radius 1 is 1.04 bits per heavy atom. The maximum atomic E-state index is 5.18. The second-order valence-corrected chi connectivity index (χ2v) is 6.32. The lowest BCUT2D eigenvalue weighted by atomic mass is 10.2. The van der Waals surface area contributed by atoms with Gasteiger partial charge in [0.25, 0.3) is 0 Å². The van der Waals surface area contributed by atoms with Gasteiger partial charge in [-0.05, 0) is 42.3 Å². The van der Waals surface area contributed by atoms with E-state index < -0.39 is 0 Å². The average molecular weight is 321 g/mol. The lowest BCUT2D eigenvalue weighted by molar-refractivity contribution is 0.415. The third kappa shape index (κ3) is 2.39. The monoisotopic (exact) mass is 321 g/mol. The minimum atomic E-state index is 0.844. The van der Waals surface area contributed by atoms with Crippen molar-refractivity contribution in [3.05, 3.63) is 59.4 Å². The van der Waals surface area contributed by atoms with E-state index in [0.29, 0.717) is 0 Å². The summed E-state index contributed by atoms with van der Waals surface area (Å²) in [4.78, 5) is 0.920. The molecule has 0 aliphatic rings. The Morgan fingerprint density at radius 2 is 1.87 bits per heavy atom. The van der Waals surface area contributed by atoms with Gasteiger partial charge in [-0.15, -0.1) is 10.2 Å². The van der Waals surface area contributed by atoms with E-state index in [1.807, 2.05) is 36.4 Å². The molecule has 0 amide bonds. The van der Waals surface area contributed by atoms with Crippen molar-refractivity contribution >= 4 is 38.7 Å². The van der Waals surface area contributed by atoms with Gasteiger partial charge in [0.15, 0.2) is 5.82 Å². The van der Waals surface area contributed by atoms with Crippen LogP contribution < -0.4 is 4.74 Å². The molecule has 2 aromatic heterocycles. The number of ether oxygens (including phenoxy) is 1. The van der Waals surface area contributed by atoms with E-state index in [-0.39, 0.29) is 0 Å². The maximum absolute atomic E-state index is 5.18. The van der Waals surface area contributed by atoms with Crippen molar-refractivity contribution in [3.8, 4) is 5.75 Å². The van der Waals surface area contributed by atoms with E-state index in [1.54, 1.807) is 18.4 Å². The molecule has 0 saturated carbocycles. The fourth-order valence-electron chi connectivity index (χ4n) is 2.65. The lowest BCUT2D eigenvalue weighted by Gasteiger charge is -1.99. The zero-order chi connectivity index (χ0) is 15.8. The molecule has 23 heavy (non-hydrogen) atoms. The fraction of sp³-hybridized carbons (Fsp3) is 0.111. The minimum absolute atomic E-state index is 0.844. The number of aryl methyl sites for hydroxylation is 1. The second kappa shape index (κ2) is 5.52. The summed E-state index contributed by atoms with van der Waals surface area (Å²) in [6, 6.07) is 14.2. The Labute approximate surface area is 137 Å². The summed E-state index contributed by atoms with van der Waals surface area (Å²) in [6.07, 6.45) is 4.04. The van der Waals surface area contributed by atoms with E-state index >= 15 is 0 Å². The molecule has 4 nitrogen and oxygen atoms in total. The summed E-state index contributed by atoms with van der Waals surface area (Å²) in [5.41, 5.74) is 3.51. The number of nitrogens with zero attached hydrogens (tertiary/aromatic N) is 3. The number of methoxy groups -OCH3 is 1. The largest absolute Gasteiger partial charge is 0.497 e. The summed E-state index contributed by atoms with van der Waals surface area (Å²) in [6.45, 7) is 2.12. The van der Waals surface area contributed by atoms with Gasteiger partial charge in [-0.3, -0.25) is 4.40 Å². The molecule has 0 bridgehead atoms. The van der Waals surface area contributed by atoms with E-state index in [4.69, 9.17) is 4.74 Å². The van der Waals surface area contributed by atoms with Gasteiger partial charge in [0.1, 0.15) is 5.75 Å². The third-order valence-electron chi connectivity index (χ3n) is 3.82. The van der Waals surface area contributed by atoms with Crippen molar-refractivity contribution < 1.29 is 4.74 Å². The van der Waals surface area contributed by atoms with E-state index in [1.165, 1.54) is 15.8 Å². The molecule has 4 aromatic rings. The van der Waals surface area contributed by atoms with Crippen LogP contribution in [0.3, 0.4) is 0 Å². The normalized spacial score (nSPS) is 11.7. The number of para-hydroxylation sites is 1. The third-order valence-corrected chi connectivity index (χ3v) is 4.82. The van der Waals surface area contributed by atoms with Gasteiger partial charge in [-0.25, -0.2) is 0 Å². The van der Waals surface area contributed by atoms with Crippen LogP contribution in [-0.4, -0.2) is 21.7 Å². The molecule has 0 atom stereocenters. The standard InChI is InChI=1S/C18H15N3OS/c1-12-4-3-5-15-17(12)21-16(19-20-18(21)23-15)11-8-13-6-9-14(22-2)10-7-13/h3-11H,1-2H3/b11-8+. The summed E-state index contributed by atoms with van der Waals surface area (Å²) >= 11 is 1.66. The van der Waals surface area contributed by atoms with Crippen molar-refractivity contribution in [2.24, 2.45) is 0 Å². The van der Waals surface area contributed by atoms with E-state index in [2.05, 4.69) is 39.7 Å². The lowest BCUT2D eigenvalue weighted by Crippen LogP contribution is -1.88. The zero-order valence-corrected chi connectivity index (χ0v) is 13.7. The van der Waals surface area contributed by atoms with Gasteiger partial charge >= 0.3 is 0 Å². The highest BCUT2D eigenvalue weighted by Crippen LogP contribution is 2.29. The number of hydrogen-bond acceptors (Lipinski definition) is 4. The van der Waals surface area contributed by atoms with Crippen LogP contribution in [0.5, 0.6) is 5.75 Å². The van der Waals surface area contributed by atoms with E-state index in [0.717, 1.165) is 22.1 Å². The Balaban J connectivity index is 1.79. The first kappa shape index (κ1) is 14.0. The van der Waals surface area contributed by atoms with Crippen LogP contribution in [0.1, 0.15) is 17.0 Å². The number of fused-ring (bicyclic) bond motifs is 3. The van der Waals surface area contributed by atoms with Crippen molar-refractivity contribution in [3.63, 3.8) is 0 Å². The summed E-state index contributed by atoms with van der Waals surface area (Å²) < 4.78 is 8.53. The maximum Gasteiger partial charge on any atom is 0.217 e. The highest BCUT2D eigenvalue weighted by molar-refractivity contribution is 7.23. The van der Waals surface area contributed by atoms with Crippen molar-refractivity contribution in [1.29, 1.82) is 0 Å². The fourth-order valence-corrected chi connectivity index (χ4v) is 3.70. The number of rotatable bonds is 3. The van der Waals surface area contributed by atoms with Crippen LogP contribution in [0.25, 0.3) is 27.3 Å². The molecule has 0 unspecified atom stereocenters. The summed E-state index contributed by atoms with van der Waals surface area (Å²) in [7, 11) is 1.67. The molecule has 0 fully saturated rings. The number of aromatic nitrogens is 3. The Kier molecular flexibility index (Phi) is 3.35. The molecule has 114 valence electrons. The molecule has 2 aromatic carbocycles. The summed E-state index contributed by atoms with van der Waals surface area (Å²) in [5, 5.41) is 8.60. The highest BCUT2D eigenvalue weighted by Gasteiger charge is 2.11. The van der Waals surface area contributed by atoms with Gasteiger partial charge in [0.2, 0.25) is 4.96 Å². The smallest absolute Gasteiger partial charge is 0.217 e. The molecule has 0 saturated heterocycles. The second-order valence-electron chi connectivity index (χ2n) is 5.31. The first-order valence-electron chi connectivity index (χ1n) is 7.31. The molecule has 4 rings (SSSR count). The predicted octanol–water partition coefficient (Wildman–Crippen LogP) is 4.43. The molecule has 0 spiro atoms. The minimum Gasteiger partial charge on any atom is -0.497 e. The highest BCUT2D eigenvalue weighted by atomic mass is 32.1. The van der Waals surface area contributed by atoms with Crippen LogP contribution >= 0.6 is 11.3 Å². The van der Waals surface area contributed by atoms with Crippen LogP contribution in [-0.2, 0) is 0 Å². The molecule has 0 aliphatic carbocycles. The van der Waals surface area contributed by atoms with Crippen molar-refractivity contribution in [2.45, 2.75) is 6.92 Å². The molecular formula is C18H15N3OS. The van der Waals surface area contributed by atoms with Gasteiger partial charge in [0, 0.05) is 0 Å². The number of thiazole rings is 1. The average Bonchev–Trinajstić information content (AvgIpc) is 3.13. The molecule has 2 heterocycles. The van der Waals surface area contributed by atoms with E-state index in [9.17, 15) is 0 Å². The number of benzene rings is 2. The SMILES string of the molecule is COc1ccc(/C=C/c2nnc3sc4cccc(C)c4n23)cc1. The van der Waals surface area contributed by atoms with Crippen molar-refractivity contribution in [2.75, 3.05) is 7.11 Å². The van der Waals surface area contributed by atoms with Crippen molar-refractivity contribution in [1.82, 2.24) is 14.6 Å². The predicted molar refractivity (Wildman–Crippen MR) is 95.0 cm³/mol. The first-order chi connectivity index (χ1) is 11.3. The molecule has 5 heteroatoms. The zero-order valence-electron chi connectivity index (χ0n) is 12.9. The molecular weight excluding hydrogens is 306 g/mol. The molecule has 0 radical (unpaired) electrons. The first-order valence-corrected chi connectivity index (χ1v) is 8.13. The van der Waals surface area contributed by atoms with Crippen LogP contribution in [0.2, 0.25) is 0 Å². The van der Waals surface area contributed by atoms with Crippen LogP contribution in [0.15, 0.2) is 42.5 Å². The Hall–Kier alpha value is -2.66.